The van der Waals surface area contributed by atoms with Crippen molar-refractivity contribution in [1.29, 1.82) is 0 Å². The number of benzene rings is 1. The molecule has 4 nitrogen and oxygen atoms in total. The Bertz CT molecular complexity index is 529. The van der Waals surface area contributed by atoms with Gasteiger partial charge in [0.2, 0.25) is 11.7 Å². The second-order valence-corrected chi connectivity index (χ2v) is 4.00. The molecule has 90 valence electrons. The Morgan fingerprint density at radius 2 is 2.24 bits per heavy atom. The van der Waals surface area contributed by atoms with Crippen LogP contribution in [0.25, 0.3) is 11.4 Å². The second kappa shape index (κ2) is 4.81. The zero-order valence-electron chi connectivity index (χ0n) is 9.37. The summed E-state index contributed by atoms with van der Waals surface area (Å²) in [4.78, 5) is 4.19. The molecular weight excluding hydrogens is 245 g/mol. The second-order valence-electron chi connectivity index (χ2n) is 3.59. The van der Waals surface area contributed by atoms with Crippen molar-refractivity contribution in [1.82, 2.24) is 15.5 Å². The summed E-state index contributed by atoms with van der Waals surface area (Å²) < 4.78 is 18.0. The van der Waals surface area contributed by atoms with E-state index in [0.717, 1.165) is 0 Å². The minimum Gasteiger partial charge on any atom is -0.337 e. The smallest absolute Gasteiger partial charge is 0.243 e. The average molecular weight is 256 g/mol. The maximum Gasteiger partial charge on any atom is 0.243 e. The van der Waals surface area contributed by atoms with Crippen molar-refractivity contribution in [3.05, 3.63) is 34.9 Å². The average Bonchev–Trinajstić information content (AvgIpc) is 2.77. The van der Waals surface area contributed by atoms with Gasteiger partial charge in [-0.1, -0.05) is 16.8 Å². The fourth-order valence-corrected chi connectivity index (χ4v) is 1.57. The molecule has 1 N–H and O–H groups in total. The number of nitrogens with one attached hydrogen (secondary N) is 1. The molecule has 1 aromatic heterocycles. The van der Waals surface area contributed by atoms with Crippen LogP contribution in [-0.4, -0.2) is 17.2 Å². The van der Waals surface area contributed by atoms with Gasteiger partial charge in [-0.2, -0.15) is 4.98 Å². The van der Waals surface area contributed by atoms with Crippen LogP contribution >= 0.6 is 11.6 Å². The van der Waals surface area contributed by atoms with E-state index >= 15 is 0 Å². The number of aromatic nitrogens is 2. The van der Waals surface area contributed by atoms with Crippen LogP contribution in [0.15, 0.2) is 22.7 Å². The summed E-state index contributed by atoms with van der Waals surface area (Å²) in [5, 5.41) is 7.05. The highest BCUT2D eigenvalue weighted by Gasteiger charge is 2.15. The Hall–Kier alpha value is -1.46. The standard InChI is InChI=1S/C11H11ClFN3O/c1-6(14-2)11-15-10(16-17-11)8-4-3-7(13)5-9(8)12/h3-6,14H,1-2H3. The van der Waals surface area contributed by atoms with Gasteiger partial charge >= 0.3 is 0 Å². The van der Waals surface area contributed by atoms with Crippen LogP contribution in [0.5, 0.6) is 0 Å². The molecule has 1 aromatic carbocycles. The van der Waals surface area contributed by atoms with E-state index in [0.29, 0.717) is 17.3 Å². The van der Waals surface area contributed by atoms with E-state index in [1.54, 1.807) is 7.05 Å². The van der Waals surface area contributed by atoms with E-state index in [1.807, 2.05) is 6.92 Å². The van der Waals surface area contributed by atoms with Crippen LogP contribution in [-0.2, 0) is 0 Å². The largest absolute Gasteiger partial charge is 0.337 e. The van der Waals surface area contributed by atoms with Crippen LogP contribution in [0.1, 0.15) is 18.9 Å². The van der Waals surface area contributed by atoms with E-state index in [4.69, 9.17) is 16.1 Å². The lowest BCUT2D eigenvalue weighted by atomic mass is 10.2. The molecule has 0 bridgehead atoms. The molecule has 0 fully saturated rings. The zero-order valence-corrected chi connectivity index (χ0v) is 10.1. The third-order valence-electron chi connectivity index (χ3n) is 2.42. The summed E-state index contributed by atoms with van der Waals surface area (Å²) in [6, 6.07) is 4.00. The highest BCUT2D eigenvalue weighted by molar-refractivity contribution is 6.33. The molecule has 1 unspecified atom stereocenters. The van der Waals surface area contributed by atoms with Gasteiger partial charge in [0.25, 0.3) is 0 Å². The first-order chi connectivity index (χ1) is 8.11. The zero-order chi connectivity index (χ0) is 12.4. The number of hydrogen-bond acceptors (Lipinski definition) is 4. The summed E-state index contributed by atoms with van der Waals surface area (Å²) in [6.07, 6.45) is 0. The predicted octanol–water partition coefficient (Wildman–Crippen LogP) is 2.81. The van der Waals surface area contributed by atoms with Gasteiger partial charge in [-0.05, 0) is 32.2 Å². The van der Waals surface area contributed by atoms with Crippen molar-refractivity contribution >= 4 is 11.6 Å². The van der Waals surface area contributed by atoms with Crippen LogP contribution in [0.4, 0.5) is 4.39 Å². The van der Waals surface area contributed by atoms with Gasteiger partial charge in [-0.25, -0.2) is 4.39 Å². The topological polar surface area (TPSA) is 51.0 Å². The van der Waals surface area contributed by atoms with Crippen molar-refractivity contribution in [2.45, 2.75) is 13.0 Å². The summed E-state index contributed by atoms with van der Waals surface area (Å²) >= 11 is 5.91. The van der Waals surface area contributed by atoms with Gasteiger partial charge in [0.05, 0.1) is 11.1 Å². The van der Waals surface area contributed by atoms with Crippen molar-refractivity contribution in [3.63, 3.8) is 0 Å². The van der Waals surface area contributed by atoms with E-state index < -0.39 is 5.82 Å². The fourth-order valence-electron chi connectivity index (χ4n) is 1.31. The molecule has 2 aromatic rings. The molecule has 0 aliphatic rings. The van der Waals surface area contributed by atoms with Crippen LogP contribution < -0.4 is 5.32 Å². The molecule has 6 heteroatoms. The van der Waals surface area contributed by atoms with E-state index in [2.05, 4.69) is 15.5 Å². The van der Waals surface area contributed by atoms with Gasteiger partial charge < -0.3 is 9.84 Å². The number of nitrogens with zero attached hydrogens (tertiary/aromatic N) is 2. The maximum atomic E-state index is 12.9. The summed E-state index contributed by atoms with van der Waals surface area (Å²) in [5.41, 5.74) is 0.548. The van der Waals surface area contributed by atoms with Gasteiger partial charge in [0.1, 0.15) is 5.82 Å². The lowest BCUT2D eigenvalue weighted by Gasteiger charge is -2.01. The third kappa shape index (κ3) is 2.45. The van der Waals surface area contributed by atoms with Gasteiger partial charge in [0.15, 0.2) is 0 Å². The first kappa shape index (κ1) is 12.0. The van der Waals surface area contributed by atoms with Gasteiger partial charge in [-0.3, -0.25) is 0 Å². The van der Waals surface area contributed by atoms with E-state index in [-0.39, 0.29) is 11.1 Å². The summed E-state index contributed by atoms with van der Waals surface area (Å²) in [7, 11) is 1.79. The molecule has 2 rings (SSSR count). The lowest BCUT2D eigenvalue weighted by molar-refractivity contribution is 0.347. The monoisotopic (exact) mass is 255 g/mol. The predicted molar refractivity (Wildman–Crippen MR) is 62.2 cm³/mol. The summed E-state index contributed by atoms with van der Waals surface area (Å²) in [5.74, 6) is 0.418. The quantitative estimate of drug-likeness (QED) is 0.916. The Kier molecular flexibility index (Phi) is 3.40. The Labute approximate surface area is 103 Å². The molecule has 0 spiro atoms. The normalized spacial score (nSPS) is 12.7. The molecule has 0 aliphatic carbocycles. The van der Waals surface area contributed by atoms with Crippen LogP contribution in [0.3, 0.4) is 0 Å². The van der Waals surface area contributed by atoms with Crippen molar-refractivity contribution in [3.8, 4) is 11.4 Å². The summed E-state index contributed by atoms with van der Waals surface area (Å²) in [6.45, 7) is 1.89. The fraction of sp³-hybridized carbons (Fsp3) is 0.273. The molecule has 0 aliphatic heterocycles. The minimum absolute atomic E-state index is 0.0459. The molecule has 0 amide bonds. The van der Waals surface area contributed by atoms with Gasteiger partial charge in [-0.15, -0.1) is 0 Å². The first-order valence-corrected chi connectivity index (χ1v) is 5.46. The highest BCUT2D eigenvalue weighted by atomic mass is 35.5. The lowest BCUT2D eigenvalue weighted by Crippen LogP contribution is -2.12. The molecule has 1 heterocycles. The SMILES string of the molecule is CNC(C)c1nc(-c2ccc(F)cc2Cl)no1. The number of hydrogen-bond donors (Lipinski definition) is 1. The molecule has 0 saturated heterocycles. The number of halogens is 2. The van der Waals surface area contributed by atoms with Crippen molar-refractivity contribution in [2.75, 3.05) is 7.05 Å². The molecule has 0 saturated carbocycles. The van der Waals surface area contributed by atoms with Gasteiger partial charge in [0, 0.05) is 5.56 Å². The first-order valence-electron chi connectivity index (χ1n) is 5.08. The highest BCUT2D eigenvalue weighted by Crippen LogP contribution is 2.26. The Morgan fingerprint density at radius 3 is 2.88 bits per heavy atom. The van der Waals surface area contributed by atoms with Crippen LogP contribution in [0, 0.1) is 5.82 Å². The Balaban J connectivity index is 2.37. The maximum absolute atomic E-state index is 12.9. The van der Waals surface area contributed by atoms with E-state index in [9.17, 15) is 4.39 Å². The van der Waals surface area contributed by atoms with Crippen LogP contribution in [0.2, 0.25) is 5.02 Å². The van der Waals surface area contributed by atoms with Crippen molar-refractivity contribution in [2.24, 2.45) is 0 Å². The molecule has 0 radical (unpaired) electrons. The molecule has 17 heavy (non-hydrogen) atoms. The molecule has 1 atom stereocenters. The molecular formula is C11H11ClFN3O. The third-order valence-corrected chi connectivity index (χ3v) is 2.73. The number of rotatable bonds is 3. The van der Waals surface area contributed by atoms with E-state index in [1.165, 1.54) is 18.2 Å². The minimum atomic E-state index is -0.397. The van der Waals surface area contributed by atoms with Crippen molar-refractivity contribution < 1.29 is 8.91 Å². The Morgan fingerprint density at radius 1 is 1.47 bits per heavy atom.